The quantitative estimate of drug-likeness (QED) is 0.452. The number of methoxy groups -OCH3 is 1. The van der Waals surface area contributed by atoms with Crippen molar-refractivity contribution in [1.82, 2.24) is 14.8 Å². The third kappa shape index (κ3) is 6.24. The first-order valence-electron chi connectivity index (χ1n) is 9.82. The van der Waals surface area contributed by atoms with Crippen molar-refractivity contribution in [3.8, 4) is 5.75 Å². The lowest BCUT2D eigenvalue weighted by Gasteiger charge is -2.08. The molecule has 0 aliphatic heterocycles. The topological polar surface area (TPSA) is 69.0 Å². The van der Waals surface area contributed by atoms with Crippen LogP contribution in [0.25, 0.3) is 0 Å². The average molecular weight is 445 g/mol. The highest BCUT2D eigenvalue weighted by Crippen LogP contribution is 2.20. The normalized spacial score (nSPS) is 10.8. The first-order valence-corrected chi connectivity index (χ1v) is 11.2. The van der Waals surface area contributed by atoms with Crippen LogP contribution in [0, 0.1) is 0 Å². The number of aromatic nitrogens is 3. The fourth-order valence-corrected chi connectivity index (χ4v) is 4.08. The van der Waals surface area contributed by atoms with Crippen LogP contribution < -0.4 is 10.1 Å². The van der Waals surface area contributed by atoms with E-state index in [2.05, 4.69) is 39.1 Å². The van der Waals surface area contributed by atoms with Gasteiger partial charge < -0.3 is 14.6 Å². The minimum atomic E-state index is -0.103. The van der Waals surface area contributed by atoms with Crippen molar-refractivity contribution in [1.29, 1.82) is 0 Å². The third-order valence-electron chi connectivity index (χ3n) is 4.58. The zero-order chi connectivity index (χ0) is 21.3. The molecule has 0 aliphatic rings. The van der Waals surface area contributed by atoms with Crippen LogP contribution >= 0.6 is 23.4 Å². The number of carbonyl (C=O) groups excluding carboxylic acids is 1. The Kier molecular flexibility index (Phi) is 8.16. The highest BCUT2D eigenvalue weighted by molar-refractivity contribution is 7.99. The van der Waals surface area contributed by atoms with Crippen molar-refractivity contribution >= 4 is 35.0 Å². The van der Waals surface area contributed by atoms with Gasteiger partial charge in [0.2, 0.25) is 5.91 Å². The molecule has 0 bridgehead atoms. The molecular formula is C22H25ClN4O2S. The summed E-state index contributed by atoms with van der Waals surface area (Å²) in [6, 6.07) is 15.2. The summed E-state index contributed by atoms with van der Waals surface area (Å²) < 4.78 is 7.27. The number of hydrogen-bond donors (Lipinski definition) is 1. The van der Waals surface area contributed by atoms with Gasteiger partial charge in [-0.25, -0.2) is 0 Å². The fraction of sp³-hybridized carbons (Fsp3) is 0.318. The molecule has 1 aromatic heterocycles. The molecule has 2 aromatic carbocycles. The maximum Gasteiger partial charge on any atom is 0.234 e. The van der Waals surface area contributed by atoms with Gasteiger partial charge in [-0.15, -0.1) is 10.2 Å². The largest absolute Gasteiger partial charge is 0.497 e. The molecule has 3 rings (SSSR count). The van der Waals surface area contributed by atoms with E-state index >= 15 is 0 Å². The van der Waals surface area contributed by atoms with Crippen LogP contribution in [0.2, 0.25) is 5.02 Å². The molecule has 0 fully saturated rings. The van der Waals surface area contributed by atoms with Gasteiger partial charge in [0.15, 0.2) is 5.16 Å². The molecule has 8 heteroatoms. The molecule has 30 heavy (non-hydrogen) atoms. The zero-order valence-electron chi connectivity index (χ0n) is 17.1. The number of nitrogens with zero attached hydrogens (tertiary/aromatic N) is 3. The summed E-state index contributed by atoms with van der Waals surface area (Å²) in [6.07, 6.45) is 2.78. The second-order valence-corrected chi connectivity index (χ2v) is 8.07. The summed E-state index contributed by atoms with van der Waals surface area (Å²) in [6.45, 7) is 2.83. The lowest BCUT2D eigenvalue weighted by atomic mass is 10.1. The molecule has 0 aliphatic carbocycles. The van der Waals surface area contributed by atoms with E-state index in [0.29, 0.717) is 10.7 Å². The van der Waals surface area contributed by atoms with Gasteiger partial charge in [-0.05, 0) is 55.7 Å². The second kappa shape index (κ2) is 11.0. The number of hydrogen-bond acceptors (Lipinski definition) is 5. The zero-order valence-corrected chi connectivity index (χ0v) is 18.7. The van der Waals surface area contributed by atoms with E-state index in [4.69, 9.17) is 16.3 Å². The molecule has 0 unspecified atom stereocenters. The number of rotatable bonds is 10. The second-order valence-electron chi connectivity index (χ2n) is 6.69. The number of ether oxygens (including phenoxy) is 1. The minimum absolute atomic E-state index is 0.103. The van der Waals surface area contributed by atoms with E-state index in [-0.39, 0.29) is 11.7 Å². The summed E-state index contributed by atoms with van der Waals surface area (Å²) in [7, 11) is 1.67. The van der Waals surface area contributed by atoms with Crippen molar-refractivity contribution < 1.29 is 9.53 Å². The summed E-state index contributed by atoms with van der Waals surface area (Å²) in [5.74, 6) is 1.97. The summed E-state index contributed by atoms with van der Waals surface area (Å²) in [5, 5.41) is 12.8. The summed E-state index contributed by atoms with van der Waals surface area (Å²) in [4.78, 5) is 12.2. The molecule has 6 nitrogen and oxygen atoms in total. The first-order chi connectivity index (χ1) is 14.6. The minimum Gasteiger partial charge on any atom is -0.497 e. The van der Waals surface area contributed by atoms with Crippen LogP contribution in [0.3, 0.4) is 0 Å². The van der Waals surface area contributed by atoms with E-state index in [1.54, 1.807) is 25.3 Å². The maximum absolute atomic E-state index is 12.2. The van der Waals surface area contributed by atoms with Crippen molar-refractivity contribution in [2.75, 3.05) is 18.2 Å². The summed E-state index contributed by atoms with van der Waals surface area (Å²) >= 11 is 7.34. The van der Waals surface area contributed by atoms with E-state index in [1.165, 1.54) is 17.3 Å². The Balaban J connectivity index is 1.51. The smallest absolute Gasteiger partial charge is 0.234 e. The third-order valence-corrected chi connectivity index (χ3v) is 5.78. The Hall–Kier alpha value is -2.51. The number of nitrogens with one attached hydrogen (secondary N) is 1. The number of anilines is 1. The number of amides is 1. The van der Waals surface area contributed by atoms with Crippen LogP contribution in [-0.2, 0) is 24.2 Å². The van der Waals surface area contributed by atoms with Gasteiger partial charge in [-0.1, -0.05) is 41.6 Å². The highest BCUT2D eigenvalue weighted by Gasteiger charge is 2.13. The molecule has 1 N–H and O–H groups in total. The van der Waals surface area contributed by atoms with Crippen LogP contribution in [0.5, 0.6) is 5.75 Å². The standard InChI is InChI=1S/C22H25ClN4O2S/c1-3-27-20(9-4-6-16-10-12-19(29-2)13-11-16)25-26-22(27)30-15-21(28)24-18-8-5-7-17(23)14-18/h5,7-8,10-14H,3-4,6,9,15H2,1-2H3,(H,24,28). The fourth-order valence-electron chi connectivity index (χ4n) is 3.06. The molecule has 0 saturated carbocycles. The van der Waals surface area contributed by atoms with E-state index in [9.17, 15) is 4.79 Å². The van der Waals surface area contributed by atoms with Crippen LogP contribution in [0.4, 0.5) is 5.69 Å². The predicted octanol–water partition coefficient (Wildman–Crippen LogP) is 4.87. The lowest BCUT2D eigenvalue weighted by molar-refractivity contribution is -0.113. The van der Waals surface area contributed by atoms with Crippen LogP contribution in [-0.4, -0.2) is 33.5 Å². The van der Waals surface area contributed by atoms with E-state index < -0.39 is 0 Å². The number of aryl methyl sites for hydroxylation is 2. The van der Waals surface area contributed by atoms with Crippen LogP contribution in [0.15, 0.2) is 53.7 Å². The molecule has 0 saturated heterocycles. The summed E-state index contributed by atoms with van der Waals surface area (Å²) in [5.41, 5.74) is 1.95. The first kappa shape index (κ1) is 22.2. The van der Waals surface area contributed by atoms with Gasteiger partial charge in [-0.2, -0.15) is 0 Å². The van der Waals surface area contributed by atoms with Gasteiger partial charge >= 0.3 is 0 Å². The van der Waals surface area contributed by atoms with Crippen molar-refractivity contribution in [2.45, 2.75) is 37.9 Å². The SMILES string of the molecule is CCn1c(CCCc2ccc(OC)cc2)nnc1SCC(=O)Nc1cccc(Cl)c1. The Bertz CT molecular complexity index is 976. The van der Waals surface area contributed by atoms with Crippen LogP contribution in [0.1, 0.15) is 24.7 Å². The molecule has 0 spiro atoms. The molecule has 1 amide bonds. The average Bonchev–Trinajstić information content (AvgIpc) is 3.14. The highest BCUT2D eigenvalue weighted by atomic mass is 35.5. The van der Waals surface area contributed by atoms with Crippen molar-refractivity contribution in [3.63, 3.8) is 0 Å². The number of carbonyl (C=O) groups is 1. The van der Waals surface area contributed by atoms with E-state index in [1.807, 2.05) is 18.2 Å². The monoisotopic (exact) mass is 444 g/mol. The molecule has 3 aromatic rings. The Morgan fingerprint density at radius 1 is 1.17 bits per heavy atom. The van der Waals surface area contributed by atoms with Gasteiger partial charge in [0.1, 0.15) is 11.6 Å². The number of benzene rings is 2. The Morgan fingerprint density at radius 2 is 1.97 bits per heavy atom. The molecule has 158 valence electrons. The number of halogens is 1. The lowest BCUT2D eigenvalue weighted by Crippen LogP contribution is -2.14. The van der Waals surface area contributed by atoms with Crippen molar-refractivity contribution in [2.24, 2.45) is 0 Å². The Morgan fingerprint density at radius 3 is 2.67 bits per heavy atom. The van der Waals surface area contributed by atoms with Crippen molar-refractivity contribution in [3.05, 3.63) is 64.9 Å². The molecule has 0 atom stereocenters. The number of thioether (sulfide) groups is 1. The molecular weight excluding hydrogens is 420 g/mol. The molecule has 0 radical (unpaired) electrons. The van der Waals surface area contributed by atoms with E-state index in [0.717, 1.165) is 42.5 Å². The Labute approximate surface area is 186 Å². The van der Waals surface area contributed by atoms with Gasteiger partial charge in [0.25, 0.3) is 0 Å². The van der Waals surface area contributed by atoms with Gasteiger partial charge in [0.05, 0.1) is 12.9 Å². The maximum atomic E-state index is 12.2. The molecule has 1 heterocycles. The van der Waals surface area contributed by atoms with Gasteiger partial charge in [-0.3, -0.25) is 4.79 Å². The predicted molar refractivity (Wildman–Crippen MR) is 122 cm³/mol. The van der Waals surface area contributed by atoms with Gasteiger partial charge in [0, 0.05) is 23.7 Å².